The molecule has 132 valence electrons. The standard InChI is InChI=1S/C18H18O7/c1-20-9-6-11(21-2)14-12(7-9)25-16-10(15(14)19)8-13(22-3)17(23-4)18(16)24-5/h6-8H,1-5H3. The second-order valence-electron chi connectivity index (χ2n) is 5.16. The van der Waals surface area contributed by atoms with Gasteiger partial charge in [0, 0.05) is 12.1 Å². The van der Waals surface area contributed by atoms with Crippen molar-refractivity contribution in [1.82, 2.24) is 0 Å². The second kappa shape index (κ2) is 6.43. The zero-order valence-electron chi connectivity index (χ0n) is 14.6. The third kappa shape index (κ3) is 2.48. The SMILES string of the molecule is COc1cc(OC)c2c(=O)c3cc(OC)c(OC)c(OC)c3oc2c1. The molecule has 0 fully saturated rings. The van der Waals surface area contributed by atoms with Gasteiger partial charge in [0.2, 0.25) is 16.9 Å². The van der Waals surface area contributed by atoms with Crippen molar-refractivity contribution in [2.24, 2.45) is 0 Å². The molecule has 0 atom stereocenters. The van der Waals surface area contributed by atoms with E-state index in [0.29, 0.717) is 39.4 Å². The van der Waals surface area contributed by atoms with Crippen LogP contribution < -0.4 is 29.1 Å². The van der Waals surface area contributed by atoms with Gasteiger partial charge >= 0.3 is 0 Å². The highest BCUT2D eigenvalue weighted by Crippen LogP contribution is 2.44. The summed E-state index contributed by atoms with van der Waals surface area (Å²) in [6.45, 7) is 0. The Bertz CT molecular complexity index is 1000. The number of methoxy groups -OCH3 is 5. The first-order chi connectivity index (χ1) is 12.1. The van der Waals surface area contributed by atoms with Crippen LogP contribution in [0.4, 0.5) is 0 Å². The maximum atomic E-state index is 13.1. The Kier molecular flexibility index (Phi) is 4.31. The quantitative estimate of drug-likeness (QED) is 0.657. The van der Waals surface area contributed by atoms with Crippen LogP contribution in [0.2, 0.25) is 0 Å². The molecule has 0 amide bonds. The molecule has 0 N–H and O–H groups in total. The number of benzene rings is 2. The summed E-state index contributed by atoms with van der Waals surface area (Å²) < 4.78 is 32.6. The predicted octanol–water partition coefficient (Wildman–Crippen LogP) is 2.99. The van der Waals surface area contributed by atoms with Crippen molar-refractivity contribution >= 4 is 21.9 Å². The molecule has 0 bridgehead atoms. The summed E-state index contributed by atoms with van der Waals surface area (Å²) >= 11 is 0. The lowest BCUT2D eigenvalue weighted by atomic mass is 10.1. The fourth-order valence-electron chi connectivity index (χ4n) is 2.79. The Hall–Kier alpha value is -3.09. The van der Waals surface area contributed by atoms with Crippen molar-refractivity contribution in [2.75, 3.05) is 35.5 Å². The van der Waals surface area contributed by atoms with Crippen molar-refractivity contribution < 1.29 is 28.1 Å². The highest BCUT2D eigenvalue weighted by molar-refractivity contribution is 5.98. The van der Waals surface area contributed by atoms with Crippen LogP contribution in [0.5, 0.6) is 28.7 Å². The molecule has 0 saturated heterocycles. The zero-order valence-corrected chi connectivity index (χ0v) is 14.6. The first kappa shape index (κ1) is 16.8. The monoisotopic (exact) mass is 346 g/mol. The molecule has 2 aromatic carbocycles. The third-order valence-electron chi connectivity index (χ3n) is 3.96. The molecular formula is C18H18O7. The largest absolute Gasteiger partial charge is 0.496 e. The maximum absolute atomic E-state index is 13.1. The van der Waals surface area contributed by atoms with Crippen molar-refractivity contribution in [3.63, 3.8) is 0 Å². The Labute approximate surface area is 143 Å². The molecular weight excluding hydrogens is 328 g/mol. The van der Waals surface area contributed by atoms with E-state index in [4.69, 9.17) is 28.1 Å². The normalized spacial score (nSPS) is 10.8. The highest BCUT2D eigenvalue weighted by Gasteiger charge is 2.22. The number of rotatable bonds is 5. The van der Waals surface area contributed by atoms with E-state index in [1.807, 2.05) is 0 Å². The van der Waals surface area contributed by atoms with E-state index in [9.17, 15) is 4.79 Å². The lowest BCUT2D eigenvalue weighted by Gasteiger charge is -2.15. The maximum Gasteiger partial charge on any atom is 0.208 e. The lowest BCUT2D eigenvalue weighted by molar-refractivity contribution is 0.324. The van der Waals surface area contributed by atoms with Crippen molar-refractivity contribution in [1.29, 1.82) is 0 Å². The predicted molar refractivity (Wildman–Crippen MR) is 92.8 cm³/mol. The van der Waals surface area contributed by atoms with E-state index in [1.165, 1.54) is 35.5 Å². The molecule has 7 nitrogen and oxygen atoms in total. The van der Waals surface area contributed by atoms with Gasteiger partial charge < -0.3 is 28.1 Å². The summed E-state index contributed by atoms with van der Waals surface area (Å²) in [4.78, 5) is 13.1. The van der Waals surface area contributed by atoms with E-state index in [0.717, 1.165) is 0 Å². The third-order valence-corrected chi connectivity index (χ3v) is 3.96. The van der Waals surface area contributed by atoms with E-state index in [-0.39, 0.29) is 16.8 Å². The van der Waals surface area contributed by atoms with Crippen LogP contribution in [0.15, 0.2) is 27.4 Å². The van der Waals surface area contributed by atoms with Crippen molar-refractivity contribution in [3.8, 4) is 28.7 Å². The van der Waals surface area contributed by atoms with Gasteiger partial charge in [-0.3, -0.25) is 4.79 Å². The highest BCUT2D eigenvalue weighted by atomic mass is 16.5. The van der Waals surface area contributed by atoms with Crippen molar-refractivity contribution in [3.05, 3.63) is 28.4 Å². The number of fused-ring (bicyclic) bond motifs is 2. The number of hydrogen-bond acceptors (Lipinski definition) is 7. The summed E-state index contributed by atoms with van der Waals surface area (Å²) in [5.74, 6) is 1.85. The number of hydrogen-bond donors (Lipinski definition) is 0. The fourth-order valence-corrected chi connectivity index (χ4v) is 2.79. The summed E-state index contributed by atoms with van der Waals surface area (Å²) in [6.07, 6.45) is 0. The molecule has 3 rings (SSSR count). The van der Waals surface area contributed by atoms with Gasteiger partial charge in [0.1, 0.15) is 22.5 Å². The van der Waals surface area contributed by atoms with E-state index < -0.39 is 0 Å². The Morgan fingerprint density at radius 2 is 1.44 bits per heavy atom. The molecule has 25 heavy (non-hydrogen) atoms. The first-order valence-corrected chi connectivity index (χ1v) is 7.41. The van der Waals surface area contributed by atoms with E-state index >= 15 is 0 Å². The number of ether oxygens (including phenoxy) is 5. The van der Waals surface area contributed by atoms with Crippen LogP contribution in [0.3, 0.4) is 0 Å². The van der Waals surface area contributed by atoms with Gasteiger partial charge in [0.25, 0.3) is 0 Å². The van der Waals surface area contributed by atoms with Gasteiger partial charge in [0.15, 0.2) is 11.3 Å². The summed E-state index contributed by atoms with van der Waals surface area (Å²) in [7, 11) is 7.43. The minimum absolute atomic E-state index is 0.257. The topological polar surface area (TPSA) is 76.4 Å². The van der Waals surface area contributed by atoms with Crippen LogP contribution in [0, 0.1) is 0 Å². The molecule has 1 heterocycles. The first-order valence-electron chi connectivity index (χ1n) is 7.41. The lowest BCUT2D eigenvalue weighted by Crippen LogP contribution is -2.06. The fraction of sp³-hybridized carbons (Fsp3) is 0.278. The van der Waals surface area contributed by atoms with Gasteiger partial charge in [-0.05, 0) is 6.07 Å². The van der Waals surface area contributed by atoms with Crippen LogP contribution in [-0.4, -0.2) is 35.5 Å². The average molecular weight is 346 g/mol. The van der Waals surface area contributed by atoms with Crippen molar-refractivity contribution in [2.45, 2.75) is 0 Å². The van der Waals surface area contributed by atoms with Crippen LogP contribution in [0.25, 0.3) is 21.9 Å². The summed E-state index contributed by atoms with van der Waals surface area (Å²) in [6, 6.07) is 4.81. The average Bonchev–Trinajstić information content (AvgIpc) is 2.65. The van der Waals surface area contributed by atoms with E-state index in [2.05, 4.69) is 0 Å². The Morgan fingerprint density at radius 3 is 2.00 bits per heavy atom. The minimum atomic E-state index is -0.269. The molecule has 3 aromatic rings. The minimum Gasteiger partial charge on any atom is -0.496 e. The summed E-state index contributed by atoms with van der Waals surface area (Å²) in [5.41, 5.74) is 0.308. The molecule has 7 heteroatoms. The molecule has 0 unspecified atom stereocenters. The second-order valence-corrected chi connectivity index (χ2v) is 5.16. The molecule has 0 spiro atoms. The van der Waals surface area contributed by atoms with Gasteiger partial charge in [-0.25, -0.2) is 0 Å². The summed E-state index contributed by atoms with van der Waals surface area (Å²) in [5, 5.41) is 0.607. The smallest absolute Gasteiger partial charge is 0.208 e. The Balaban J connectivity index is 2.55. The van der Waals surface area contributed by atoms with E-state index in [1.54, 1.807) is 18.2 Å². The zero-order chi connectivity index (χ0) is 18.1. The Morgan fingerprint density at radius 1 is 0.760 bits per heavy atom. The molecule has 1 aromatic heterocycles. The molecule has 0 aliphatic heterocycles. The van der Waals surface area contributed by atoms with Crippen LogP contribution in [0.1, 0.15) is 0 Å². The van der Waals surface area contributed by atoms with Gasteiger partial charge in [-0.15, -0.1) is 0 Å². The molecule has 0 saturated carbocycles. The van der Waals surface area contributed by atoms with Crippen LogP contribution in [-0.2, 0) is 0 Å². The molecule has 0 aliphatic rings. The molecule has 0 aliphatic carbocycles. The van der Waals surface area contributed by atoms with Crippen LogP contribution >= 0.6 is 0 Å². The van der Waals surface area contributed by atoms with Gasteiger partial charge in [-0.1, -0.05) is 0 Å². The molecule has 0 radical (unpaired) electrons. The van der Waals surface area contributed by atoms with Gasteiger partial charge in [-0.2, -0.15) is 0 Å². The van der Waals surface area contributed by atoms with Gasteiger partial charge in [0.05, 0.1) is 40.9 Å².